The predicted octanol–water partition coefficient (Wildman–Crippen LogP) is 5.57. The number of nitrogens with zero attached hydrogens (tertiary/aromatic N) is 2. The molecule has 29 heavy (non-hydrogen) atoms. The van der Waals surface area contributed by atoms with Gasteiger partial charge in [-0.2, -0.15) is 0 Å². The third-order valence-corrected chi connectivity index (χ3v) is 5.35. The fourth-order valence-corrected chi connectivity index (χ4v) is 3.95. The minimum atomic E-state index is -0.119. The monoisotopic (exact) mass is 394 g/mol. The van der Waals surface area contributed by atoms with Crippen LogP contribution in [0.2, 0.25) is 0 Å². The fourth-order valence-electron chi connectivity index (χ4n) is 3.95. The molecular weight excluding hydrogens is 360 g/mol. The molecule has 1 heterocycles. The Hall–Kier alpha value is -2.33. The molecule has 0 bridgehead atoms. The molecule has 0 aliphatic carbocycles. The molecule has 4 heteroatoms. The van der Waals surface area contributed by atoms with Crippen LogP contribution in [0.15, 0.2) is 41.4 Å². The van der Waals surface area contributed by atoms with Crippen LogP contribution in [0.1, 0.15) is 58.2 Å². The molecule has 1 saturated heterocycles. The van der Waals surface area contributed by atoms with Crippen molar-refractivity contribution in [2.24, 2.45) is 4.99 Å². The minimum absolute atomic E-state index is 0.0232. The number of para-hydroxylation sites is 2. The summed E-state index contributed by atoms with van der Waals surface area (Å²) in [4.78, 5) is 7.15. The molecule has 0 saturated carbocycles. The Morgan fingerprint density at radius 2 is 1.59 bits per heavy atom. The summed E-state index contributed by atoms with van der Waals surface area (Å²) in [6.45, 7) is 16.4. The van der Waals surface area contributed by atoms with Crippen LogP contribution in [0.3, 0.4) is 0 Å². The van der Waals surface area contributed by atoms with Crippen molar-refractivity contribution in [2.45, 2.75) is 52.4 Å². The van der Waals surface area contributed by atoms with Crippen molar-refractivity contribution in [2.75, 3.05) is 31.2 Å². The van der Waals surface area contributed by atoms with Crippen molar-refractivity contribution < 1.29 is 9.84 Å². The Kier molecular flexibility index (Phi) is 6.04. The normalized spacial score (nSPS) is 15.9. The van der Waals surface area contributed by atoms with Crippen molar-refractivity contribution in [3.63, 3.8) is 0 Å². The number of anilines is 1. The van der Waals surface area contributed by atoms with Crippen LogP contribution in [0, 0.1) is 0 Å². The van der Waals surface area contributed by atoms with E-state index in [0.29, 0.717) is 0 Å². The number of hydrogen-bond acceptors (Lipinski definition) is 4. The second kappa shape index (κ2) is 8.19. The van der Waals surface area contributed by atoms with Crippen LogP contribution >= 0.6 is 0 Å². The zero-order valence-electron chi connectivity index (χ0n) is 18.6. The fraction of sp³-hybridized carbons (Fsp3) is 0.480. The molecular formula is C25H34N2O2. The Balaban J connectivity index is 2.08. The summed E-state index contributed by atoms with van der Waals surface area (Å²) in [7, 11) is 0. The van der Waals surface area contributed by atoms with Crippen molar-refractivity contribution in [1.82, 2.24) is 0 Å². The van der Waals surface area contributed by atoms with E-state index in [0.717, 1.165) is 48.8 Å². The van der Waals surface area contributed by atoms with Crippen LogP contribution in [0.5, 0.6) is 5.75 Å². The van der Waals surface area contributed by atoms with Crippen LogP contribution in [-0.2, 0) is 15.6 Å². The van der Waals surface area contributed by atoms with E-state index in [4.69, 9.17) is 9.73 Å². The first-order valence-electron chi connectivity index (χ1n) is 10.4. The number of aliphatic imine (C=N–C) groups is 1. The number of phenols is 1. The Bertz CT molecular complexity index is 883. The molecule has 1 aliphatic heterocycles. The largest absolute Gasteiger partial charge is 0.507 e. The van der Waals surface area contributed by atoms with E-state index in [9.17, 15) is 5.11 Å². The summed E-state index contributed by atoms with van der Waals surface area (Å²) in [5.41, 5.74) is 5.08. The van der Waals surface area contributed by atoms with Crippen LogP contribution in [0.25, 0.3) is 0 Å². The van der Waals surface area contributed by atoms with Crippen molar-refractivity contribution in [3.05, 3.63) is 53.1 Å². The lowest BCUT2D eigenvalue weighted by atomic mass is 9.73. The van der Waals surface area contributed by atoms with E-state index in [1.807, 2.05) is 24.4 Å². The molecule has 0 amide bonds. The molecule has 1 N–H and O–H groups in total. The molecule has 0 unspecified atom stereocenters. The average Bonchev–Trinajstić information content (AvgIpc) is 2.66. The van der Waals surface area contributed by atoms with E-state index in [2.05, 4.69) is 58.6 Å². The predicted molar refractivity (Wildman–Crippen MR) is 122 cm³/mol. The SMILES string of the molecule is CC(C)(C)c1ccc(O)c(C=Nc2ccccc2N2CCOCC2)c1C(C)(C)C. The van der Waals surface area contributed by atoms with Gasteiger partial charge in [0.25, 0.3) is 0 Å². The van der Waals surface area contributed by atoms with Gasteiger partial charge in [-0.15, -0.1) is 0 Å². The summed E-state index contributed by atoms with van der Waals surface area (Å²) < 4.78 is 5.49. The van der Waals surface area contributed by atoms with Crippen LogP contribution in [-0.4, -0.2) is 37.6 Å². The third-order valence-electron chi connectivity index (χ3n) is 5.35. The molecule has 4 nitrogen and oxygen atoms in total. The number of benzene rings is 2. The smallest absolute Gasteiger partial charge is 0.124 e. The maximum atomic E-state index is 10.7. The second-order valence-electron chi connectivity index (χ2n) is 9.77. The first kappa shape index (κ1) is 21.4. The summed E-state index contributed by atoms with van der Waals surface area (Å²) in [5.74, 6) is 0.274. The Morgan fingerprint density at radius 3 is 2.21 bits per heavy atom. The highest BCUT2D eigenvalue weighted by atomic mass is 16.5. The molecule has 3 rings (SSSR count). The Labute approximate surface area is 175 Å². The number of phenolic OH excluding ortho intramolecular Hbond substituents is 1. The number of ether oxygens (including phenoxy) is 1. The van der Waals surface area contributed by atoms with Gasteiger partial charge in [-0.25, -0.2) is 0 Å². The molecule has 156 valence electrons. The maximum Gasteiger partial charge on any atom is 0.124 e. The highest BCUT2D eigenvalue weighted by Crippen LogP contribution is 2.39. The molecule has 1 aliphatic rings. The van der Waals surface area contributed by atoms with E-state index in [1.54, 1.807) is 6.07 Å². The van der Waals surface area contributed by atoms with Gasteiger partial charge in [0.1, 0.15) is 5.75 Å². The number of morpholine rings is 1. The van der Waals surface area contributed by atoms with Gasteiger partial charge in [0.2, 0.25) is 0 Å². The minimum Gasteiger partial charge on any atom is -0.507 e. The van der Waals surface area contributed by atoms with Gasteiger partial charge >= 0.3 is 0 Å². The maximum absolute atomic E-state index is 10.7. The zero-order chi connectivity index (χ0) is 21.2. The topological polar surface area (TPSA) is 45.1 Å². The van der Waals surface area contributed by atoms with Gasteiger partial charge in [0.05, 0.1) is 24.6 Å². The molecule has 0 spiro atoms. The highest BCUT2D eigenvalue weighted by molar-refractivity contribution is 5.90. The summed E-state index contributed by atoms with van der Waals surface area (Å²) >= 11 is 0. The third kappa shape index (κ3) is 4.81. The van der Waals surface area contributed by atoms with Crippen molar-refractivity contribution >= 4 is 17.6 Å². The number of aromatic hydroxyl groups is 1. The Morgan fingerprint density at radius 1 is 0.931 bits per heavy atom. The van der Waals surface area contributed by atoms with Gasteiger partial charge in [0.15, 0.2) is 0 Å². The van der Waals surface area contributed by atoms with Gasteiger partial charge < -0.3 is 14.7 Å². The van der Waals surface area contributed by atoms with Crippen molar-refractivity contribution in [3.8, 4) is 5.75 Å². The lowest BCUT2D eigenvalue weighted by molar-refractivity contribution is 0.123. The van der Waals surface area contributed by atoms with Crippen LogP contribution < -0.4 is 4.90 Å². The molecule has 1 fully saturated rings. The van der Waals surface area contributed by atoms with Gasteiger partial charge in [-0.05, 0) is 40.2 Å². The number of hydrogen-bond donors (Lipinski definition) is 1. The zero-order valence-corrected chi connectivity index (χ0v) is 18.6. The highest BCUT2D eigenvalue weighted by Gasteiger charge is 2.28. The van der Waals surface area contributed by atoms with Crippen molar-refractivity contribution in [1.29, 1.82) is 0 Å². The summed E-state index contributed by atoms with van der Waals surface area (Å²) in [5, 5.41) is 10.7. The lowest BCUT2D eigenvalue weighted by Gasteiger charge is -2.32. The molecule has 2 aromatic carbocycles. The van der Waals surface area contributed by atoms with Gasteiger partial charge in [-0.1, -0.05) is 59.7 Å². The average molecular weight is 395 g/mol. The molecule has 2 aromatic rings. The first-order chi connectivity index (χ1) is 13.6. The molecule has 0 atom stereocenters. The van der Waals surface area contributed by atoms with Gasteiger partial charge in [0, 0.05) is 24.9 Å². The number of rotatable bonds is 3. The second-order valence-corrected chi connectivity index (χ2v) is 9.77. The first-order valence-corrected chi connectivity index (χ1v) is 10.4. The van der Waals surface area contributed by atoms with Gasteiger partial charge in [-0.3, -0.25) is 4.99 Å². The van der Waals surface area contributed by atoms with E-state index < -0.39 is 0 Å². The van der Waals surface area contributed by atoms with E-state index in [-0.39, 0.29) is 16.6 Å². The summed E-state index contributed by atoms with van der Waals surface area (Å²) in [6, 6.07) is 12.0. The quantitative estimate of drug-likeness (QED) is 0.692. The van der Waals surface area contributed by atoms with Crippen LogP contribution in [0.4, 0.5) is 11.4 Å². The summed E-state index contributed by atoms with van der Waals surface area (Å²) in [6.07, 6.45) is 1.84. The van der Waals surface area contributed by atoms with E-state index >= 15 is 0 Å². The lowest BCUT2D eigenvalue weighted by Crippen LogP contribution is -2.36. The van der Waals surface area contributed by atoms with E-state index in [1.165, 1.54) is 5.56 Å². The molecule has 0 aromatic heterocycles. The molecule has 0 radical (unpaired) electrons. The standard InChI is InChI=1S/C25H34N2O2/c1-24(2,3)19-11-12-22(28)18(23(19)25(4,5)6)17-26-20-9-7-8-10-21(20)27-13-15-29-16-14-27/h7-12,17,28H,13-16H2,1-6H3.